The molecule has 1 aromatic rings. The summed E-state index contributed by atoms with van der Waals surface area (Å²) in [6.07, 6.45) is -7.79. The van der Waals surface area contributed by atoms with Gasteiger partial charge in [-0.1, -0.05) is 12.1 Å². The molecule has 0 amide bonds. The molecule has 1 aromatic carbocycles. The van der Waals surface area contributed by atoms with Gasteiger partial charge in [0.15, 0.2) is 17.7 Å². The van der Waals surface area contributed by atoms with E-state index in [0.717, 1.165) is 18.2 Å². The fourth-order valence-electron chi connectivity index (χ4n) is 1.17. The molecule has 98 valence electrons. The number of phenolic OH excluding ortho intramolecular Hbond substituents is 1. The Hall–Kier alpha value is -1.05. The van der Waals surface area contributed by atoms with Gasteiger partial charge in [0, 0.05) is 5.56 Å². The van der Waals surface area contributed by atoms with Crippen LogP contribution in [0.15, 0.2) is 18.2 Å². The van der Waals surface area contributed by atoms with Gasteiger partial charge in [-0.2, -0.15) is 13.2 Å². The van der Waals surface area contributed by atoms with Crippen molar-refractivity contribution in [1.82, 2.24) is 0 Å². The maximum absolute atomic E-state index is 12.8. The fraction of sp³-hybridized carbons (Fsp3) is 0.333. The molecule has 0 heterocycles. The summed E-state index contributed by atoms with van der Waals surface area (Å²) in [5.74, 6) is -2.08. The summed E-state index contributed by atoms with van der Waals surface area (Å²) in [6.45, 7) is 0. The van der Waals surface area contributed by atoms with Crippen LogP contribution in [0, 0.1) is 5.82 Å². The van der Waals surface area contributed by atoms with Gasteiger partial charge >= 0.3 is 6.18 Å². The van der Waals surface area contributed by atoms with Crippen molar-refractivity contribution in [2.24, 2.45) is 5.73 Å². The number of aromatic hydroxyl groups is 1. The van der Waals surface area contributed by atoms with Crippen LogP contribution >= 0.6 is 12.4 Å². The van der Waals surface area contributed by atoms with E-state index in [9.17, 15) is 17.6 Å². The Labute approximate surface area is 100 Å². The number of alkyl halides is 3. The zero-order valence-corrected chi connectivity index (χ0v) is 9.10. The summed E-state index contributed by atoms with van der Waals surface area (Å²) in [5.41, 5.74) is 4.60. The van der Waals surface area contributed by atoms with E-state index in [-0.39, 0.29) is 12.4 Å². The van der Waals surface area contributed by atoms with Crippen molar-refractivity contribution in [3.63, 3.8) is 0 Å². The lowest BCUT2D eigenvalue weighted by molar-refractivity contribution is -0.210. The molecular formula is C9H10ClF4NO2. The molecule has 0 unspecified atom stereocenters. The van der Waals surface area contributed by atoms with Crippen LogP contribution in [0.5, 0.6) is 5.75 Å². The van der Waals surface area contributed by atoms with Gasteiger partial charge in [0.25, 0.3) is 0 Å². The monoisotopic (exact) mass is 275 g/mol. The second kappa shape index (κ2) is 5.52. The van der Waals surface area contributed by atoms with Gasteiger partial charge in [-0.3, -0.25) is 0 Å². The topological polar surface area (TPSA) is 66.5 Å². The quantitative estimate of drug-likeness (QED) is 0.722. The number of halogens is 5. The van der Waals surface area contributed by atoms with Gasteiger partial charge in [-0.25, -0.2) is 4.39 Å². The predicted molar refractivity (Wildman–Crippen MR) is 54.3 cm³/mol. The first-order valence-corrected chi connectivity index (χ1v) is 4.23. The minimum Gasteiger partial charge on any atom is -0.505 e. The molecule has 0 aliphatic heterocycles. The van der Waals surface area contributed by atoms with E-state index in [0.29, 0.717) is 0 Å². The zero-order chi connectivity index (χ0) is 12.5. The number of aliphatic hydroxyl groups excluding tert-OH is 1. The van der Waals surface area contributed by atoms with Crippen molar-refractivity contribution in [1.29, 1.82) is 0 Å². The number of hydrogen-bond acceptors (Lipinski definition) is 3. The second-order valence-corrected chi connectivity index (χ2v) is 3.19. The minimum absolute atomic E-state index is 0. The summed E-state index contributed by atoms with van der Waals surface area (Å²) in [5, 5.41) is 18.0. The highest BCUT2D eigenvalue weighted by atomic mass is 35.5. The van der Waals surface area contributed by atoms with Crippen LogP contribution < -0.4 is 5.73 Å². The van der Waals surface area contributed by atoms with E-state index < -0.39 is 35.5 Å². The van der Waals surface area contributed by atoms with Crippen LogP contribution in [0.1, 0.15) is 11.6 Å². The van der Waals surface area contributed by atoms with E-state index in [1.807, 2.05) is 0 Å². The maximum atomic E-state index is 12.8. The van der Waals surface area contributed by atoms with E-state index in [1.54, 1.807) is 0 Å². The number of phenols is 1. The molecule has 4 N–H and O–H groups in total. The average molecular weight is 276 g/mol. The highest BCUT2D eigenvalue weighted by Crippen LogP contribution is 2.33. The van der Waals surface area contributed by atoms with E-state index in [1.165, 1.54) is 0 Å². The van der Waals surface area contributed by atoms with Gasteiger partial charge < -0.3 is 15.9 Å². The van der Waals surface area contributed by atoms with Crippen LogP contribution in [0.3, 0.4) is 0 Å². The van der Waals surface area contributed by atoms with Crippen molar-refractivity contribution in [3.05, 3.63) is 29.6 Å². The highest BCUT2D eigenvalue weighted by Gasteiger charge is 2.43. The molecule has 8 heteroatoms. The molecular weight excluding hydrogens is 266 g/mol. The molecule has 0 aliphatic rings. The third-order valence-corrected chi connectivity index (χ3v) is 2.05. The first-order valence-electron chi connectivity index (χ1n) is 4.23. The van der Waals surface area contributed by atoms with Gasteiger partial charge in [0.05, 0.1) is 6.04 Å². The molecule has 17 heavy (non-hydrogen) atoms. The highest BCUT2D eigenvalue weighted by molar-refractivity contribution is 5.85. The maximum Gasteiger partial charge on any atom is 0.416 e. The second-order valence-electron chi connectivity index (χ2n) is 3.19. The minimum atomic E-state index is -4.93. The lowest BCUT2D eigenvalue weighted by atomic mass is 10.0. The Morgan fingerprint density at radius 3 is 2.24 bits per heavy atom. The molecule has 2 atom stereocenters. The molecule has 0 fully saturated rings. The SMILES string of the molecule is Cl.N[C@H](c1cccc(F)c1O)[C@@H](O)C(F)(F)F. The van der Waals surface area contributed by atoms with Crippen LogP contribution in [0.2, 0.25) is 0 Å². The van der Waals surface area contributed by atoms with Gasteiger partial charge in [0.1, 0.15) is 0 Å². The van der Waals surface area contributed by atoms with Gasteiger partial charge in [-0.05, 0) is 6.07 Å². The van der Waals surface area contributed by atoms with Crippen LogP contribution in [0.4, 0.5) is 17.6 Å². The summed E-state index contributed by atoms with van der Waals surface area (Å²) < 4.78 is 49.2. The molecule has 1 rings (SSSR count). The Morgan fingerprint density at radius 1 is 1.24 bits per heavy atom. The molecule has 0 radical (unpaired) electrons. The third-order valence-electron chi connectivity index (χ3n) is 2.05. The largest absolute Gasteiger partial charge is 0.505 e. The van der Waals surface area contributed by atoms with Gasteiger partial charge in [-0.15, -0.1) is 12.4 Å². The first kappa shape index (κ1) is 16.0. The number of benzene rings is 1. The molecule has 0 spiro atoms. The third kappa shape index (κ3) is 3.45. The number of rotatable bonds is 2. The number of para-hydroxylation sites is 1. The van der Waals surface area contributed by atoms with Crippen molar-refractivity contribution < 1.29 is 27.8 Å². The lowest BCUT2D eigenvalue weighted by Crippen LogP contribution is -2.38. The molecule has 3 nitrogen and oxygen atoms in total. The van der Waals surface area contributed by atoms with Crippen LogP contribution in [-0.4, -0.2) is 22.5 Å². The molecule has 0 aliphatic carbocycles. The van der Waals surface area contributed by atoms with E-state index in [2.05, 4.69) is 0 Å². The summed E-state index contributed by atoms with van der Waals surface area (Å²) in [4.78, 5) is 0. The number of hydrogen-bond donors (Lipinski definition) is 3. The standard InChI is InChI=1S/C9H9F4NO2.ClH/c10-5-3-1-2-4(7(5)15)6(14)8(16)9(11,12)13;/h1-3,6,8,15-16H,14H2;1H/t6-,8-;/m1./s1. The Morgan fingerprint density at radius 2 is 1.76 bits per heavy atom. The first-order chi connectivity index (χ1) is 7.25. The van der Waals surface area contributed by atoms with E-state index in [4.69, 9.17) is 15.9 Å². The molecule has 0 bridgehead atoms. The van der Waals surface area contributed by atoms with E-state index >= 15 is 0 Å². The lowest BCUT2D eigenvalue weighted by Gasteiger charge is -2.22. The summed E-state index contributed by atoms with van der Waals surface area (Å²) >= 11 is 0. The smallest absolute Gasteiger partial charge is 0.416 e. The average Bonchev–Trinajstić information content (AvgIpc) is 2.18. The molecule has 0 aromatic heterocycles. The van der Waals surface area contributed by atoms with Crippen molar-refractivity contribution >= 4 is 12.4 Å². The predicted octanol–water partition coefficient (Wildman–Crippen LogP) is 1.88. The number of aliphatic hydroxyl groups is 1. The van der Waals surface area contributed by atoms with Crippen molar-refractivity contribution in [2.45, 2.75) is 18.3 Å². The van der Waals surface area contributed by atoms with Crippen LogP contribution in [-0.2, 0) is 0 Å². The Kier molecular flexibility index (Phi) is 5.18. The summed E-state index contributed by atoms with van der Waals surface area (Å²) in [7, 11) is 0. The van der Waals surface area contributed by atoms with Crippen molar-refractivity contribution in [2.75, 3.05) is 0 Å². The molecule has 0 saturated heterocycles. The van der Waals surface area contributed by atoms with Crippen molar-refractivity contribution in [3.8, 4) is 5.75 Å². The Bertz CT molecular complexity index is 386. The molecule has 0 saturated carbocycles. The van der Waals surface area contributed by atoms with Crippen LogP contribution in [0.25, 0.3) is 0 Å². The van der Waals surface area contributed by atoms with Gasteiger partial charge in [0.2, 0.25) is 0 Å². The summed E-state index contributed by atoms with van der Waals surface area (Å²) in [6, 6.07) is 1.03. The number of nitrogens with two attached hydrogens (primary N) is 1. The normalized spacial score (nSPS) is 14.9. The zero-order valence-electron chi connectivity index (χ0n) is 8.28. The fourth-order valence-corrected chi connectivity index (χ4v) is 1.17. The Balaban J connectivity index is 0.00000256.